The van der Waals surface area contributed by atoms with Crippen LogP contribution in [0.5, 0.6) is 11.5 Å². The van der Waals surface area contributed by atoms with E-state index in [2.05, 4.69) is 0 Å². The maximum Gasteiger partial charge on any atom is 0.303 e. The van der Waals surface area contributed by atoms with Crippen molar-refractivity contribution in [2.24, 2.45) is 11.3 Å². The predicted octanol–water partition coefficient (Wildman–Crippen LogP) is 8.24. The average Bonchev–Trinajstić information content (AvgIpc) is 3.71. The second-order valence-electron chi connectivity index (χ2n) is 11.0. The van der Waals surface area contributed by atoms with Crippen molar-refractivity contribution in [1.29, 1.82) is 0 Å². The summed E-state index contributed by atoms with van der Waals surface area (Å²) in [6.45, 7) is 5.25. The summed E-state index contributed by atoms with van der Waals surface area (Å²) in [4.78, 5) is 11.4. The quantitative estimate of drug-likeness (QED) is 0.289. The SMILES string of the molecule is COc1ccc(F)c(-c2ccc(COc3cccc([C@H](CC(=O)O)C4CC4)c3F)cc2[C@@H](F)C(C)(C)C)c1. The molecule has 7 heteroatoms. The summed E-state index contributed by atoms with van der Waals surface area (Å²) < 4.78 is 57.0. The van der Waals surface area contributed by atoms with Crippen LogP contribution in [0.2, 0.25) is 0 Å². The summed E-state index contributed by atoms with van der Waals surface area (Å²) >= 11 is 0. The minimum absolute atomic E-state index is 0.00984. The van der Waals surface area contributed by atoms with Gasteiger partial charge in [-0.15, -0.1) is 0 Å². The lowest BCUT2D eigenvalue weighted by Crippen LogP contribution is -2.15. The van der Waals surface area contributed by atoms with Crippen LogP contribution in [0.15, 0.2) is 54.6 Å². The van der Waals surface area contributed by atoms with Crippen molar-refractivity contribution >= 4 is 5.97 Å². The van der Waals surface area contributed by atoms with Crippen LogP contribution in [-0.2, 0) is 11.4 Å². The minimum atomic E-state index is -1.42. The number of hydrogen-bond donors (Lipinski definition) is 1. The molecule has 4 rings (SSSR count). The lowest BCUT2D eigenvalue weighted by atomic mass is 9.82. The van der Waals surface area contributed by atoms with Crippen LogP contribution < -0.4 is 9.47 Å². The van der Waals surface area contributed by atoms with Crippen LogP contribution in [0.4, 0.5) is 13.2 Å². The number of benzene rings is 3. The molecule has 1 aliphatic rings. The standard InChI is InChI=1S/C31H33F3O4/c1-31(2,3)30(34)25-14-18(8-12-21(25)24-15-20(37-4)11-13-26(24)32)17-38-27-7-5-6-22(29(27)33)23(16-28(35)36)19-9-10-19/h5-8,11-15,19,23,30H,9-10,16-17H2,1-4H3,(H,35,36)/t23-,30-/m1/s1. The smallest absolute Gasteiger partial charge is 0.303 e. The molecule has 0 heterocycles. The van der Waals surface area contributed by atoms with E-state index in [1.807, 2.05) is 0 Å². The van der Waals surface area contributed by atoms with Gasteiger partial charge in [-0.2, -0.15) is 0 Å². The molecule has 0 saturated heterocycles. The Labute approximate surface area is 221 Å². The number of carboxylic acids is 1. The van der Waals surface area contributed by atoms with E-state index in [1.165, 1.54) is 31.4 Å². The van der Waals surface area contributed by atoms with Gasteiger partial charge in [0.15, 0.2) is 11.6 Å². The Kier molecular flexibility index (Phi) is 8.05. The maximum atomic E-state index is 15.7. The van der Waals surface area contributed by atoms with E-state index >= 15 is 8.78 Å². The molecule has 2 atom stereocenters. The lowest BCUT2D eigenvalue weighted by Gasteiger charge is -2.27. The molecule has 1 fully saturated rings. The Morgan fingerprint density at radius 2 is 1.76 bits per heavy atom. The molecule has 0 aliphatic heterocycles. The van der Waals surface area contributed by atoms with Crippen molar-refractivity contribution in [3.8, 4) is 22.6 Å². The van der Waals surface area contributed by atoms with E-state index in [1.54, 1.807) is 51.1 Å². The third-order valence-corrected chi connectivity index (χ3v) is 6.99. The highest BCUT2D eigenvalue weighted by atomic mass is 19.1. The summed E-state index contributed by atoms with van der Waals surface area (Å²) in [6, 6.07) is 14.1. The fourth-order valence-electron chi connectivity index (χ4n) is 4.77. The minimum Gasteiger partial charge on any atom is -0.497 e. The monoisotopic (exact) mass is 526 g/mol. The first kappa shape index (κ1) is 27.6. The van der Waals surface area contributed by atoms with Crippen molar-refractivity contribution in [1.82, 2.24) is 0 Å². The van der Waals surface area contributed by atoms with Crippen molar-refractivity contribution in [3.63, 3.8) is 0 Å². The number of alkyl halides is 1. The highest BCUT2D eigenvalue weighted by Crippen LogP contribution is 2.46. The molecule has 0 unspecified atom stereocenters. The number of ether oxygens (including phenoxy) is 2. The zero-order valence-corrected chi connectivity index (χ0v) is 22.1. The van der Waals surface area contributed by atoms with Crippen LogP contribution in [0.3, 0.4) is 0 Å². The molecule has 1 N–H and O–H groups in total. The Hall–Kier alpha value is -3.48. The molecule has 0 spiro atoms. The fourth-order valence-corrected chi connectivity index (χ4v) is 4.77. The number of rotatable bonds is 10. The van der Waals surface area contributed by atoms with Gasteiger partial charge in [-0.25, -0.2) is 13.2 Å². The second kappa shape index (κ2) is 11.1. The van der Waals surface area contributed by atoms with E-state index in [-0.39, 0.29) is 30.3 Å². The predicted molar refractivity (Wildman–Crippen MR) is 140 cm³/mol. The highest BCUT2D eigenvalue weighted by Gasteiger charge is 2.36. The molecule has 202 valence electrons. The van der Waals surface area contributed by atoms with Gasteiger partial charge < -0.3 is 14.6 Å². The van der Waals surface area contributed by atoms with E-state index in [0.717, 1.165) is 12.8 Å². The van der Waals surface area contributed by atoms with Gasteiger partial charge in [-0.1, -0.05) is 45.0 Å². The van der Waals surface area contributed by atoms with E-state index in [0.29, 0.717) is 28.0 Å². The van der Waals surface area contributed by atoms with Crippen LogP contribution in [0.1, 0.15) is 68.8 Å². The van der Waals surface area contributed by atoms with Gasteiger partial charge in [0.2, 0.25) is 0 Å². The molecule has 1 aliphatic carbocycles. The van der Waals surface area contributed by atoms with Gasteiger partial charge in [-0.05, 0) is 76.8 Å². The van der Waals surface area contributed by atoms with Gasteiger partial charge in [0.25, 0.3) is 0 Å². The van der Waals surface area contributed by atoms with Crippen molar-refractivity contribution in [2.75, 3.05) is 7.11 Å². The van der Waals surface area contributed by atoms with Crippen LogP contribution >= 0.6 is 0 Å². The maximum absolute atomic E-state index is 15.7. The van der Waals surface area contributed by atoms with Crippen molar-refractivity contribution in [3.05, 3.63) is 82.9 Å². The first-order valence-electron chi connectivity index (χ1n) is 12.7. The normalized spacial score (nSPS) is 15.1. The van der Waals surface area contributed by atoms with E-state index in [9.17, 15) is 14.3 Å². The molecule has 4 nitrogen and oxygen atoms in total. The fraction of sp³-hybridized carbons (Fsp3) is 0.387. The first-order valence-corrected chi connectivity index (χ1v) is 12.7. The molecule has 3 aromatic rings. The molecule has 0 radical (unpaired) electrons. The summed E-state index contributed by atoms with van der Waals surface area (Å²) in [5, 5.41) is 9.30. The van der Waals surface area contributed by atoms with Gasteiger partial charge >= 0.3 is 5.97 Å². The number of carboxylic acid groups (broad SMARTS) is 1. The van der Waals surface area contributed by atoms with E-state index < -0.39 is 35.1 Å². The zero-order chi connectivity index (χ0) is 27.6. The molecular formula is C31H33F3O4. The van der Waals surface area contributed by atoms with Crippen LogP contribution in [-0.4, -0.2) is 18.2 Å². The van der Waals surface area contributed by atoms with E-state index in [4.69, 9.17) is 9.47 Å². The molecule has 0 aromatic heterocycles. The van der Waals surface area contributed by atoms with Crippen molar-refractivity contribution in [2.45, 2.75) is 58.7 Å². The first-order chi connectivity index (χ1) is 18.0. The molecule has 3 aromatic carbocycles. The third kappa shape index (κ3) is 6.14. The lowest BCUT2D eigenvalue weighted by molar-refractivity contribution is -0.137. The van der Waals surface area contributed by atoms with Crippen molar-refractivity contribution < 1.29 is 32.5 Å². The summed E-state index contributed by atoms with van der Waals surface area (Å²) in [7, 11) is 1.48. The Bertz CT molecular complexity index is 1310. The Balaban J connectivity index is 1.65. The summed E-state index contributed by atoms with van der Waals surface area (Å²) in [5.74, 6) is -1.82. The number of methoxy groups -OCH3 is 1. The van der Waals surface area contributed by atoms with Crippen LogP contribution in [0.25, 0.3) is 11.1 Å². The zero-order valence-electron chi connectivity index (χ0n) is 22.1. The van der Waals surface area contributed by atoms with Gasteiger partial charge in [0.1, 0.15) is 24.3 Å². The largest absolute Gasteiger partial charge is 0.497 e. The third-order valence-electron chi connectivity index (χ3n) is 6.99. The topological polar surface area (TPSA) is 55.8 Å². The average molecular weight is 527 g/mol. The highest BCUT2D eigenvalue weighted by molar-refractivity contribution is 5.71. The molecular weight excluding hydrogens is 493 g/mol. The number of carbonyl (C=O) groups is 1. The van der Waals surface area contributed by atoms with Gasteiger partial charge in [-0.3, -0.25) is 4.79 Å². The van der Waals surface area contributed by atoms with Gasteiger partial charge in [0, 0.05) is 11.5 Å². The summed E-state index contributed by atoms with van der Waals surface area (Å²) in [6.07, 6.45) is 0.202. The van der Waals surface area contributed by atoms with Crippen LogP contribution in [0, 0.1) is 23.0 Å². The number of halogens is 3. The number of hydrogen-bond acceptors (Lipinski definition) is 3. The molecule has 1 saturated carbocycles. The Morgan fingerprint density at radius 3 is 2.39 bits per heavy atom. The second-order valence-corrected chi connectivity index (χ2v) is 11.0. The molecule has 0 amide bonds. The molecule has 38 heavy (non-hydrogen) atoms. The molecule has 0 bridgehead atoms. The van der Waals surface area contributed by atoms with Gasteiger partial charge in [0.05, 0.1) is 13.5 Å². The number of aliphatic carboxylic acids is 1. The summed E-state index contributed by atoms with van der Waals surface area (Å²) in [5.41, 5.74) is 1.10. The Morgan fingerprint density at radius 1 is 1.03 bits per heavy atom.